The number of rotatable bonds is 3. The van der Waals surface area contributed by atoms with E-state index in [1.54, 1.807) is 0 Å². The van der Waals surface area contributed by atoms with Crippen molar-refractivity contribution in [3.05, 3.63) is 0 Å². The summed E-state index contributed by atoms with van der Waals surface area (Å²) in [7, 11) is 0. The van der Waals surface area contributed by atoms with Gasteiger partial charge >= 0.3 is 0 Å². The van der Waals surface area contributed by atoms with Crippen molar-refractivity contribution < 1.29 is 0 Å². The fourth-order valence-corrected chi connectivity index (χ4v) is 3.19. The summed E-state index contributed by atoms with van der Waals surface area (Å²) in [6.07, 6.45) is 6.92. The van der Waals surface area contributed by atoms with E-state index in [1.165, 1.54) is 45.2 Å². The minimum absolute atomic E-state index is 0.755. The Morgan fingerprint density at radius 2 is 2.21 bits per heavy atom. The van der Waals surface area contributed by atoms with Crippen molar-refractivity contribution in [2.45, 2.75) is 64.1 Å². The molecule has 82 valence electrons. The van der Waals surface area contributed by atoms with Crippen LogP contribution in [0.1, 0.15) is 46.0 Å². The maximum Gasteiger partial charge on any atom is 0.0224 e. The first kappa shape index (κ1) is 10.4. The number of hydrogen-bond donors (Lipinski definition) is 1. The van der Waals surface area contributed by atoms with Crippen LogP contribution >= 0.6 is 0 Å². The third kappa shape index (κ3) is 1.96. The lowest BCUT2D eigenvalue weighted by Crippen LogP contribution is -2.47. The van der Waals surface area contributed by atoms with Crippen molar-refractivity contribution in [3.8, 4) is 0 Å². The van der Waals surface area contributed by atoms with E-state index in [9.17, 15) is 0 Å². The molecule has 2 nitrogen and oxygen atoms in total. The molecule has 2 rings (SSSR count). The van der Waals surface area contributed by atoms with Gasteiger partial charge in [0.2, 0.25) is 0 Å². The van der Waals surface area contributed by atoms with Crippen LogP contribution in [0.3, 0.4) is 0 Å². The van der Waals surface area contributed by atoms with Crippen LogP contribution in [0.2, 0.25) is 0 Å². The zero-order chi connectivity index (χ0) is 9.97. The van der Waals surface area contributed by atoms with Gasteiger partial charge in [-0.1, -0.05) is 6.92 Å². The Hall–Kier alpha value is -0.0800. The average molecular weight is 196 g/mol. The number of nitrogens with zero attached hydrogens (tertiary/aromatic N) is 1. The average Bonchev–Trinajstić information content (AvgIpc) is 2.87. The molecule has 0 aromatic heterocycles. The molecule has 3 atom stereocenters. The zero-order valence-corrected chi connectivity index (χ0v) is 9.63. The first-order valence-corrected chi connectivity index (χ1v) is 6.32. The second kappa shape index (κ2) is 4.63. The maximum atomic E-state index is 3.64. The monoisotopic (exact) mass is 196 g/mol. The molecule has 14 heavy (non-hydrogen) atoms. The van der Waals surface area contributed by atoms with Crippen molar-refractivity contribution in [3.63, 3.8) is 0 Å². The summed E-state index contributed by atoms with van der Waals surface area (Å²) in [5, 5.41) is 3.64. The molecule has 0 aromatic carbocycles. The zero-order valence-electron chi connectivity index (χ0n) is 9.63. The summed E-state index contributed by atoms with van der Waals surface area (Å²) in [4.78, 5) is 2.74. The van der Waals surface area contributed by atoms with E-state index in [0.29, 0.717) is 0 Å². The Bertz CT molecular complexity index is 175. The molecule has 2 saturated heterocycles. The Balaban J connectivity index is 1.92. The van der Waals surface area contributed by atoms with Gasteiger partial charge in [-0.15, -0.1) is 0 Å². The van der Waals surface area contributed by atoms with Gasteiger partial charge in [0.15, 0.2) is 0 Å². The molecule has 0 aromatic rings. The van der Waals surface area contributed by atoms with Gasteiger partial charge in [-0.2, -0.15) is 0 Å². The smallest absolute Gasteiger partial charge is 0.0224 e. The molecule has 2 heteroatoms. The van der Waals surface area contributed by atoms with Crippen LogP contribution in [0.15, 0.2) is 0 Å². The van der Waals surface area contributed by atoms with Gasteiger partial charge < -0.3 is 5.32 Å². The van der Waals surface area contributed by atoms with E-state index >= 15 is 0 Å². The topological polar surface area (TPSA) is 15.3 Å². The number of likely N-dealkylation sites (tertiary alicyclic amines) is 1. The Kier molecular flexibility index (Phi) is 3.45. The van der Waals surface area contributed by atoms with Crippen LogP contribution in [-0.4, -0.2) is 36.1 Å². The van der Waals surface area contributed by atoms with Gasteiger partial charge in [-0.25, -0.2) is 0 Å². The predicted molar refractivity (Wildman–Crippen MR) is 60.5 cm³/mol. The third-order valence-corrected chi connectivity index (χ3v) is 4.10. The van der Waals surface area contributed by atoms with Gasteiger partial charge in [0.05, 0.1) is 0 Å². The molecule has 2 heterocycles. The van der Waals surface area contributed by atoms with Gasteiger partial charge in [0.25, 0.3) is 0 Å². The molecule has 2 fully saturated rings. The SMILES string of the molecule is CCC1CCCN1C(C)C1CCCN1. The fraction of sp³-hybridized carbons (Fsp3) is 1.00. The molecular formula is C12H24N2. The van der Waals surface area contributed by atoms with E-state index in [0.717, 1.165) is 18.1 Å². The van der Waals surface area contributed by atoms with Crippen LogP contribution in [0.5, 0.6) is 0 Å². The molecule has 0 radical (unpaired) electrons. The molecule has 2 aliphatic heterocycles. The van der Waals surface area contributed by atoms with E-state index in [4.69, 9.17) is 0 Å². The normalized spacial score (nSPS) is 36.4. The molecule has 0 saturated carbocycles. The van der Waals surface area contributed by atoms with E-state index in [1.807, 2.05) is 0 Å². The van der Waals surface area contributed by atoms with Crippen molar-refractivity contribution in [1.82, 2.24) is 10.2 Å². The number of hydrogen-bond acceptors (Lipinski definition) is 2. The second-order valence-electron chi connectivity index (χ2n) is 4.89. The Morgan fingerprint density at radius 1 is 1.36 bits per heavy atom. The highest BCUT2D eigenvalue weighted by Gasteiger charge is 2.32. The maximum absolute atomic E-state index is 3.64. The van der Waals surface area contributed by atoms with Gasteiger partial charge in [0.1, 0.15) is 0 Å². The first-order chi connectivity index (χ1) is 6.83. The molecule has 0 bridgehead atoms. The molecule has 0 amide bonds. The molecule has 0 aliphatic carbocycles. The summed E-state index contributed by atoms with van der Waals surface area (Å²) in [6, 6.07) is 2.39. The highest BCUT2D eigenvalue weighted by atomic mass is 15.2. The summed E-state index contributed by atoms with van der Waals surface area (Å²) < 4.78 is 0. The van der Waals surface area contributed by atoms with Crippen LogP contribution in [0.4, 0.5) is 0 Å². The second-order valence-corrected chi connectivity index (χ2v) is 4.89. The minimum atomic E-state index is 0.755. The van der Waals surface area contributed by atoms with Crippen molar-refractivity contribution in [1.29, 1.82) is 0 Å². The summed E-state index contributed by atoms with van der Waals surface area (Å²) >= 11 is 0. The number of nitrogens with one attached hydrogen (secondary N) is 1. The molecule has 1 N–H and O–H groups in total. The summed E-state index contributed by atoms with van der Waals surface area (Å²) in [6.45, 7) is 7.31. The van der Waals surface area contributed by atoms with E-state index in [-0.39, 0.29) is 0 Å². The Labute approximate surface area is 88.1 Å². The highest BCUT2D eigenvalue weighted by molar-refractivity contribution is 4.90. The minimum Gasteiger partial charge on any atom is -0.312 e. The van der Waals surface area contributed by atoms with Crippen molar-refractivity contribution >= 4 is 0 Å². The molecule has 0 spiro atoms. The van der Waals surface area contributed by atoms with E-state index < -0.39 is 0 Å². The summed E-state index contributed by atoms with van der Waals surface area (Å²) in [5.74, 6) is 0. The molecular weight excluding hydrogens is 172 g/mol. The van der Waals surface area contributed by atoms with Gasteiger partial charge in [-0.3, -0.25) is 4.90 Å². The third-order valence-electron chi connectivity index (χ3n) is 4.10. The lowest BCUT2D eigenvalue weighted by Gasteiger charge is -2.34. The first-order valence-electron chi connectivity index (χ1n) is 6.32. The lowest BCUT2D eigenvalue weighted by atomic mass is 10.0. The summed E-state index contributed by atoms with van der Waals surface area (Å²) in [5.41, 5.74) is 0. The van der Waals surface area contributed by atoms with Crippen LogP contribution in [0.25, 0.3) is 0 Å². The van der Waals surface area contributed by atoms with Gasteiger partial charge in [0, 0.05) is 18.1 Å². The Morgan fingerprint density at radius 3 is 2.86 bits per heavy atom. The molecule has 3 unspecified atom stereocenters. The van der Waals surface area contributed by atoms with Crippen molar-refractivity contribution in [2.75, 3.05) is 13.1 Å². The standard InChI is InChI=1S/C12H24N2/c1-3-11-6-5-9-14(11)10(2)12-7-4-8-13-12/h10-13H,3-9H2,1-2H3. The lowest BCUT2D eigenvalue weighted by molar-refractivity contribution is 0.157. The van der Waals surface area contributed by atoms with Crippen LogP contribution in [0, 0.1) is 0 Å². The largest absolute Gasteiger partial charge is 0.312 e. The fourth-order valence-electron chi connectivity index (χ4n) is 3.19. The predicted octanol–water partition coefficient (Wildman–Crippen LogP) is 2.00. The van der Waals surface area contributed by atoms with E-state index in [2.05, 4.69) is 24.1 Å². The quantitative estimate of drug-likeness (QED) is 0.743. The van der Waals surface area contributed by atoms with Crippen LogP contribution < -0.4 is 5.32 Å². The van der Waals surface area contributed by atoms with Gasteiger partial charge in [-0.05, 0) is 52.1 Å². The van der Waals surface area contributed by atoms with Crippen LogP contribution in [-0.2, 0) is 0 Å². The molecule has 2 aliphatic rings. The van der Waals surface area contributed by atoms with Crippen molar-refractivity contribution in [2.24, 2.45) is 0 Å². The highest BCUT2D eigenvalue weighted by Crippen LogP contribution is 2.25.